The molecule has 2 aromatic rings. The fourth-order valence-corrected chi connectivity index (χ4v) is 1.93. The Kier molecular flexibility index (Phi) is 3.64. The molecule has 0 saturated heterocycles. The Bertz CT molecular complexity index is 602. The SMILES string of the molecule is CC(C)Cc1nc(-c2cccc(C(=O)O)c2)n(C)n1. The van der Waals surface area contributed by atoms with E-state index >= 15 is 0 Å². The number of carboxylic acids is 1. The van der Waals surface area contributed by atoms with Crippen molar-refractivity contribution in [2.45, 2.75) is 20.3 Å². The smallest absolute Gasteiger partial charge is 0.335 e. The summed E-state index contributed by atoms with van der Waals surface area (Å²) in [4.78, 5) is 15.5. The van der Waals surface area contributed by atoms with Gasteiger partial charge in [0.25, 0.3) is 0 Å². The third-order valence-corrected chi connectivity index (χ3v) is 2.77. The highest BCUT2D eigenvalue weighted by Crippen LogP contribution is 2.19. The maximum Gasteiger partial charge on any atom is 0.335 e. The van der Waals surface area contributed by atoms with Crippen molar-refractivity contribution in [3.8, 4) is 11.4 Å². The molecule has 5 nitrogen and oxygen atoms in total. The van der Waals surface area contributed by atoms with Gasteiger partial charge in [-0.3, -0.25) is 0 Å². The summed E-state index contributed by atoms with van der Waals surface area (Å²) < 4.78 is 1.69. The van der Waals surface area contributed by atoms with Gasteiger partial charge in [0, 0.05) is 19.0 Å². The summed E-state index contributed by atoms with van der Waals surface area (Å²) in [6, 6.07) is 6.74. The van der Waals surface area contributed by atoms with Gasteiger partial charge in [0.1, 0.15) is 0 Å². The second kappa shape index (κ2) is 5.22. The van der Waals surface area contributed by atoms with Gasteiger partial charge in [-0.15, -0.1) is 0 Å². The molecule has 0 radical (unpaired) electrons. The molecule has 1 aromatic carbocycles. The average molecular weight is 259 g/mol. The number of aromatic carboxylic acids is 1. The number of hydrogen-bond acceptors (Lipinski definition) is 3. The fourth-order valence-electron chi connectivity index (χ4n) is 1.93. The largest absolute Gasteiger partial charge is 0.478 e. The first-order valence-corrected chi connectivity index (χ1v) is 6.21. The highest BCUT2D eigenvalue weighted by Gasteiger charge is 2.12. The molecule has 1 aromatic heterocycles. The first kappa shape index (κ1) is 13.3. The molecule has 0 saturated carbocycles. The number of aryl methyl sites for hydroxylation is 1. The van der Waals surface area contributed by atoms with E-state index in [4.69, 9.17) is 5.11 Å². The van der Waals surface area contributed by atoms with Crippen molar-refractivity contribution in [2.75, 3.05) is 0 Å². The molecule has 2 rings (SSSR count). The van der Waals surface area contributed by atoms with Gasteiger partial charge >= 0.3 is 5.97 Å². The van der Waals surface area contributed by atoms with Crippen molar-refractivity contribution in [1.29, 1.82) is 0 Å². The van der Waals surface area contributed by atoms with Gasteiger partial charge in [0.15, 0.2) is 11.6 Å². The first-order chi connectivity index (χ1) is 8.97. The van der Waals surface area contributed by atoms with Gasteiger partial charge in [-0.1, -0.05) is 26.0 Å². The average Bonchev–Trinajstić information content (AvgIpc) is 2.69. The molecule has 1 N–H and O–H groups in total. The van der Waals surface area contributed by atoms with Crippen LogP contribution in [0.1, 0.15) is 30.0 Å². The minimum Gasteiger partial charge on any atom is -0.478 e. The summed E-state index contributed by atoms with van der Waals surface area (Å²) in [6.45, 7) is 4.22. The Hall–Kier alpha value is -2.17. The van der Waals surface area contributed by atoms with Crippen LogP contribution in [-0.2, 0) is 13.5 Å². The second-order valence-corrected chi connectivity index (χ2v) is 4.96. The monoisotopic (exact) mass is 259 g/mol. The van der Waals surface area contributed by atoms with Gasteiger partial charge in [-0.05, 0) is 18.1 Å². The lowest BCUT2D eigenvalue weighted by Crippen LogP contribution is -1.99. The van der Waals surface area contributed by atoms with Crippen LogP contribution >= 0.6 is 0 Å². The predicted molar refractivity (Wildman–Crippen MR) is 71.9 cm³/mol. The molecule has 0 aliphatic heterocycles. The van der Waals surface area contributed by atoms with Gasteiger partial charge in [-0.25, -0.2) is 14.5 Å². The fraction of sp³-hybridized carbons (Fsp3) is 0.357. The summed E-state index contributed by atoms with van der Waals surface area (Å²) >= 11 is 0. The summed E-state index contributed by atoms with van der Waals surface area (Å²) in [5.74, 6) is 1.03. The summed E-state index contributed by atoms with van der Waals surface area (Å²) in [6.07, 6.45) is 0.812. The summed E-state index contributed by atoms with van der Waals surface area (Å²) in [5.41, 5.74) is 1.02. The van der Waals surface area contributed by atoms with Crippen molar-refractivity contribution in [2.24, 2.45) is 13.0 Å². The zero-order valence-corrected chi connectivity index (χ0v) is 11.3. The third kappa shape index (κ3) is 2.99. The van der Waals surface area contributed by atoms with Gasteiger partial charge in [0.05, 0.1) is 5.56 Å². The van der Waals surface area contributed by atoms with Crippen molar-refractivity contribution in [3.63, 3.8) is 0 Å². The van der Waals surface area contributed by atoms with Crippen LogP contribution in [0.2, 0.25) is 0 Å². The Labute approximate surface area is 111 Å². The standard InChI is InChI=1S/C14H17N3O2/c1-9(2)7-12-15-13(17(3)16-12)10-5-4-6-11(8-10)14(18)19/h4-6,8-9H,7H2,1-3H3,(H,18,19). The predicted octanol–water partition coefficient (Wildman–Crippen LogP) is 2.38. The minimum atomic E-state index is -0.938. The van der Waals surface area contributed by atoms with Crippen molar-refractivity contribution in [3.05, 3.63) is 35.7 Å². The Morgan fingerprint density at radius 2 is 2.16 bits per heavy atom. The number of rotatable bonds is 4. The molecular formula is C14H17N3O2. The molecule has 0 fully saturated rings. The van der Waals surface area contributed by atoms with Gasteiger partial charge in [-0.2, -0.15) is 5.10 Å². The van der Waals surface area contributed by atoms with E-state index < -0.39 is 5.97 Å². The lowest BCUT2D eigenvalue weighted by molar-refractivity contribution is 0.0697. The Morgan fingerprint density at radius 1 is 1.42 bits per heavy atom. The van der Waals surface area contributed by atoms with E-state index in [2.05, 4.69) is 23.9 Å². The first-order valence-electron chi connectivity index (χ1n) is 6.21. The van der Waals surface area contributed by atoms with Crippen LogP contribution in [-0.4, -0.2) is 25.8 Å². The van der Waals surface area contributed by atoms with Crippen LogP contribution in [0.25, 0.3) is 11.4 Å². The molecule has 1 heterocycles. The number of carboxylic acid groups (broad SMARTS) is 1. The topological polar surface area (TPSA) is 68.0 Å². The zero-order valence-electron chi connectivity index (χ0n) is 11.3. The van der Waals surface area contributed by atoms with Crippen LogP contribution in [0.15, 0.2) is 24.3 Å². The van der Waals surface area contributed by atoms with Crippen molar-refractivity contribution in [1.82, 2.24) is 14.8 Å². The molecule has 19 heavy (non-hydrogen) atoms. The third-order valence-electron chi connectivity index (χ3n) is 2.77. The number of aromatic nitrogens is 3. The van der Waals surface area contributed by atoms with Crippen LogP contribution in [0.5, 0.6) is 0 Å². The highest BCUT2D eigenvalue weighted by molar-refractivity contribution is 5.89. The molecular weight excluding hydrogens is 242 g/mol. The van der Waals surface area contributed by atoms with Crippen LogP contribution in [0.4, 0.5) is 0 Å². The number of carbonyl (C=O) groups is 1. The van der Waals surface area contributed by atoms with E-state index in [1.807, 2.05) is 13.1 Å². The van der Waals surface area contributed by atoms with E-state index in [1.54, 1.807) is 22.9 Å². The van der Waals surface area contributed by atoms with E-state index in [-0.39, 0.29) is 5.56 Å². The molecule has 0 atom stereocenters. The number of benzene rings is 1. The Balaban J connectivity index is 2.38. The second-order valence-electron chi connectivity index (χ2n) is 4.96. The molecule has 0 unspecified atom stereocenters. The summed E-state index contributed by atoms with van der Waals surface area (Å²) in [5, 5.41) is 13.4. The van der Waals surface area contributed by atoms with Crippen LogP contribution in [0.3, 0.4) is 0 Å². The lowest BCUT2D eigenvalue weighted by Gasteiger charge is -2.01. The molecule has 0 aliphatic carbocycles. The molecule has 0 aliphatic rings. The Morgan fingerprint density at radius 3 is 2.79 bits per heavy atom. The van der Waals surface area contributed by atoms with Gasteiger partial charge < -0.3 is 5.11 Å². The van der Waals surface area contributed by atoms with Crippen molar-refractivity contribution >= 4 is 5.97 Å². The maximum atomic E-state index is 11.0. The lowest BCUT2D eigenvalue weighted by atomic mass is 10.1. The number of nitrogens with zero attached hydrogens (tertiary/aromatic N) is 3. The zero-order chi connectivity index (χ0) is 14.0. The van der Waals surface area contributed by atoms with Crippen molar-refractivity contribution < 1.29 is 9.90 Å². The summed E-state index contributed by atoms with van der Waals surface area (Å²) in [7, 11) is 1.82. The molecule has 0 amide bonds. The quantitative estimate of drug-likeness (QED) is 0.915. The van der Waals surface area contributed by atoms with E-state index in [1.165, 1.54) is 0 Å². The molecule has 0 spiro atoms. The number of hydrogen-bond donors (Lipinski definition) is 1. The van der Waals surface area contributed by atoms with E-state index in [9.17, 15) is 4.79 Å². The normalized spacial score (nSPS) is 10.9. The molecule has 0 bridgehead atoms. The van der Waals surface area contributed by atoms with Crippen LogP contribution < -0.4 is 0 Å². The highest BCUT2D eigenvalue weighted by atomic mass is 16.4. The van der Waals surface area contributed by atoms with Gasteiger partial charge in [0.2, 0.25) is 0 Å². The van der Waals surface area contributed by atoms with E-state index in [0.29, 0.717) is 11.7 Å². The molecule has 5 heteroatoms. The molecule has 100 valence electrons. The minimum absolute atomic E-state index is 0.255. The maximum absolute atomic E-state index is 11.0. The van der Waals surface area contributed by atoms with E-state index in [0.717, 1.165) is 17.8 Å². The van der Waals surface area contributed by atoms with Crippen LogP contribution in [0, 0.1) is 5.92 Å².